The van der Waals surface area contributed by atoms with Gasteiger partial charge in [-0.1, -0.05) is 12.1 Å². The zero-order valence-electron chi connectivity index (χ0n) is 15.1. The molecule has 2 rings (SSSR count). The first-order valence-electron chi connectivity index (χ1n) is 8.48. The summed E-state index contributed by atoms with van der Waals surface area (Å²) in [6.07, 6.45) is 1.75. The molecule has 0 unspecified atom stereocenters. The van der Waals surface area contributed by atoms with Crippen molar-refractivity contribution in [2.45, 2.75) is 26.9 Å². The molecule has 1 aromatic heterocycles. The van der Waals surface area contributed by atoms with Crippen molar-refractivity contribution < 1.29 is 9.47 Å². The Kier molecular flexibility index (Phi) is 7.56. The first-order chi connectivity index (χ1) is 12.2. The predicted octanol–water partition coefficient (Wildman–Crippen LogP) is 2.74. The van der Waals surface area contributed by atoms with Gasteiger partial charge in [-0.2, -0.15) is 0 Å². The van der Waals surface area contributed by atoms with Gasteiger partial charge in [-0.25, -0.2) is 9.98 Å². The molecule has 25 heavy (non-hydrogen) atoms. The van der Waals surface area contributed by atoms with Gasteiger partial charge in [0, 0.05) is 25.4 Å². The zero-order chi connectivity index (χ0) is 17.9. The fourth-order valence-electron chi connectivity index (χ4n) is 2.26. The van der Waals surface area contributed by atoms with Crippen molar-refractivity contribution in [3.05, 3.63) is 53.7 Å². The maximum Gasteiger partial charge on any atom is 0.213 e. The smallest absolute Gasteiger partial charge is 0.213 e. The summed E-state index contributed by atoms with van der Waals surface area (Å²) in [7, 11) is 1.67. The maximum absolute atomic E-state index is 5.43. The van der Waals surface area contributed by atoms with Crippen LogP contribution in [0, 0.1) is 0 Å². The van der Waals surface area contributed by atoms with E-state index in [9.17, 15) is 0 Å². The summed E-state index contributed by atoms with van der Waals surface area (Å²) in [5.74, 6) is 2.24. The Balaban J connectivity index is 1.98. The molecule has 2 N–H and O–H groups in total. The Bertz CT molecular complexity index is 689. The van der Waals surface area contributed by atoms with Crippen LogP contribution in [0.3, 0.4) is 0 Å². The summed E-state index contributed by atoms with van der Waals surface area (Å²) in [5.41, 5.74) is 2.18. The number of benzene rings is 1. The lowest BCUT2D eigenvalue weighted by atomic mass is 10.2. The fourth-order valence-corrected chi connectivity index (χ4v) is 2.26. The molecule has 0 aliphatic heterocycles. The van der Waals surface area contributed by atoms with E-state index >= 15 is 0 Å². The molecule has 0 atom stereocenters. The number of hydrogen-bond donors (Lipinski definition) is 2. The van der Waals surface area contributed by atoms with Crippen molar-refractivity contribution in [1.82, 2.24) is 15.6 Å². The molecule has 0 bridgehead atoms. The molecule has 0 amide bonds. The highest BCUT2D eigenvalue weighted by molar-refractivity contribution is 5.79. The van der Waals surface area contributed by atoms with Gasteiger partial charge < -0.3 is 20.1 Å². The molecule has 0 aliphatic rings. The third-order valence-corrected chi connectivity index (χ3v) is 3.45. The number of nitrogens with zero attached hydrogens (tertiary/aromatic N) is 2. The van der Waals surface area contributed by atoms with E-state index in [0.29, 0.717) is 25.6 Å². The van der Waals surface area contributed by atoms with Gasteiger partial charge in [0.25, 0.3) is 0 Å². The number of methoxy groups -OCH3 is 1. The number of nitrogens with one attached hydrogen (secondary N) is 2. The van der Waals surface area contributed by atoms with Gasteiger partial charge in [0.05, 0.1) is 20.3 Å². The molecular formula is C19H26N4O2. The molecule has 0 saturated carbocycles. The van der Waals surface area contributed by atoms with Gasteiger partial charge in [-0.05, 0) is 43.2 Å². The highest BCUT2D eigenvalue weighted by Gasteiger charge is 2.02. The van der Waals surface area contributed by atoms with Gasteiger partial charge in [-0.15, -0.1) is 0 Å². The van der Waals surface area contributed by atoms with Gasteiger partial charge in [0.15, 0.2) is 5.96 Å². The van der Waals surface area contributed by atoms with Crippen LogP contribution >= 0.6 is 0 Å². The van der Waals surface area contributed by atoms with Crippen LogP contribution in [0.2, 0.25) is 0 Å². The molecule has 2 aromatic rings. The first-order valence-corrected chi connectivity index (χ1v) is 8.48. The molecule has 0 saturated heterocycles. The number of hydrogen-bond acceptors (Lipinski definition) is 4. The predicted molar refractivity (Wildman–Crippen MR) is 100 cm³/mol. The Morgan fingerprint density at radius 1 is 1.12 bits per heavy atom. The highest BCUT2D eigenvalue weighted by atomic mass is 16.5. The molecule has 0 radical (unpaired) electrons. The second kappa shape index (κ2) is 10.2. The van der Waals surface area contributed by atoms with Crippen molar-refractivity contribution in [1.29, 1.82) is 0 Å². The molecule has 1 heterocycles. The molecule has 6 heteroatoms. The molecule has 0 aliphatic carbocycles. The Morgan fingerprint density at radius 3 is 2.76 bits per heavy atom. The Hall–Kier alpha value is -2.76. The first kappa shape index (κ1) is 18.6. The van der Waals surface area contributed by atoms with E-state index in [1.54, 1.807) is 13.3 Å². The van der Waals surface area contributed by atoms with Gasteiger partial charge in [-0.3, -0.25) is 0 Å². The van der Waals surface area contributed by atoms with Crippen molar-refractivity contribution in [2.75, 3.05) is 20.3 Å². The molecule has 134 valence electrons. The summed E-state index contributed by atoms with van der Waals surface area (Å²) in [5, 5.41) is 6.58. The summed E-state index contributed by atoms with van der Waals surface area (Å²) in [4.78, 5) is 8.80. The van der Waals surface area contributed by atoms with Crippen LogP contribution in [0.5, 0.6) is 11.6 Å². The number of aliphatic imine (C=N–C) groups is 1. The lowest BCUT2D eigenvalue weighted by Gasteiger charge is -2.12. The Labute approximate surface area is 149 Å². The second-order valence-corrected chi connectivity index (χ2v) is 5.34. The quantitative estimate of drug-likeness (QED) is 0.570. The monoisotopic (exact) mass is 342 g/mol. The third kappa shape index (κ3) is 6.33. The van der Waals surface area contributed by atoms with Gasteiger partial charge in [0.2, 0.25) is 5.88 Å². The topological polar surface area (TPSA) is 67.8 Å². The molecule has 1 aromatic carbocycles. The second-order valence-electron chi connectivity index (χ2n) is 5.34. The van der Waals surface area contributed by atoms with E-state index in [4.69, 9.17) is 9.47 Å². The minimum absolute atomic E-state index is 0.576. The van der Waals surface area contributed by atoms with Crippen LogP contribution in [0.25, 0.3) is 0 Å². The lowest BCUT2D eigenvalue weighted by molar-refractivity contribution is 0.326. The SMILES string of the molecule is CCNC(=NCc1cccc(OC)c1)NCc1ccnc(OCC)c1. The molecule has 0 spiro atoms. The molecule has 6 nitrogen and oxygen atoms in total. The van der Waals surface area contributed by atoms with Crippen LogP contribution in [-0.2, 0) is 13.1 Å². The van der Waals surface area contributed by atoms with E-state index < -0.39 is 0 Å². The average Bonchev–Trinajstić information content (AvgIpc) is 2.65. The fraction of sp³-hybridized carbons (Fsp3) is 0.368. The highest BCUT2D eigenvalue weighted by Crippen LogP contribution is 2.13. The van der Waals surface area contributed by atoms with Crippen molar-refractivity contribution in [3.63, 3.8) is 0 Å². The third-order valence-electron chi connectivity index (χ3n) is 3.45. The van der Waals surface area contributed by atoms with Crippen LogP contribution in [0.1, 0.15) is 25.0 Å². The molecular weight excluding hydrogens is 316 g/mol. The van der Waals surface area contributed by atoms with Gasteiger partial charge >= 0.3 is 0 Å². The van der Waals surface area contributed by atoms with E-state index in [2.05, 4.69) is 20.6 Å². The minimum Gasteiger partial charge on any atom is -0.497 e. The van der Waals surface area contributed by atoms with E-state index in [1.807, 2.05) is 50.2 Å². The largest absolute Gasteiger partial charge is 0.497 e. The number of pyridine rings is 1. The average molecular weight is 342 g/mol. The number of ether oxygens (including phenoxy) is 2. The number of rotatable bonds is 8. The van der Waals surface area contributed by atoms with Gasteiger partial charge in [0.1, 0.15) is 5.75 Å². The summed E-state index contributed by atoms with van der Waals surface area (Å²) < 4.78 is 10.7. The van der Waals surface area contributed by atoms with E-state index in [1.165, 1.54) is 0 Å². The summed E-state index contributed by atoms with van der Waals surface area (Å²) in [6.45, 7) is 6.61. The molecule has 0 fully saturated rings. The van der Waals surface area contributed by atoms with Crippen molar-refractivity contribution >= 4 is 5.96 Å². The normalized spacial score (nSPS) is 11.1. The minimum atomic E-state index is 0.576. The van der Waals surface area contributed by atoms with Crippen LogP contribution in [-0.4, -0.2) is 31.2 Å². The van der Waals surface area contributed by atoms with Crippen LogP contribution in [0.15, 0.2) is 47.6 Å². The maximum atomic E-state index is 5.43. The van der Waals surface area contributed by atoms with Crippen LogP contribution < -0.4 is 20.1 Å². The van der Waals surface area contributed by atoms with Crippen molar-refractivity contribution in [2.24, 2.45) is 4.99 Å². The summed E-state index contributed by atoms with van der Waals surface area (Å²) in [6, 6.07) is 11.8. The van der Waals surface area contributed by atoms with Crippen molar-refractivity contribution in [3.8, 4) is 11.6 Å². The van der Waals surface area contributed by atoms with Crippen LogP contribution in [0.4, 0.5) is 0 Å². The lowest BCUT2D eigenvalue weighted by Crippen LogP contribution is -2.36. The summed E-state index contributed by atoms with van der Waals surface area (Å²) >= 11 is 0. The van der Waals surface area contributed by atoms with E-state index in [-0.39, 0.29) is 0 Å². The zero-order valence-corrected chi connectivity index (χ0v) is 15.1. The standard InChI is InChI=1S/C19H26N4O2/c1-4-20-19(22-13-15-7-6-8-17(11-15)24-3)23-14-16-9-10-21-18(12-16)25-5-2/h6-12H,4-5,13-14H2,1-3H3,(H2,20,22,23). The Morgan fingerprint density at radius 2 is 2.00 bits per heavy atom. The number of guanidine groups is 1. The van der Waals surface area contributed by atoms with E-state index in [0.717, 1.165) is 29.4 Å². The number of aromatic nitrogens is 1.